The van der Waals surface area contributed by atoms with Crippen molar-refractivity contribution in [2.24, 2.45) is 0 Å². The first-order valence-corrected chi connectivity index (χ1v) is 8.65. The third-order valence-corrected chi connectivity index (χ3v) is 4.35. The van der Waals surface area contributed by atoms with Crippen LogP contribution in [0.5, 0.6) is 0 Å². The highest BCUT2D eigenvalue weighted by Crippen LogP contribution is 2.26. The Morgan fingerprint density at radius 3 is 2.50 bits per heavy atom. The number of rotatable bonds is 4. The molecule has 132 valence electrons. The molecule has 0 spiro atoms. The molecule has 3 aromatic rings. The smallest absolute Gasteiger partial charge is 0.276 e. The van der Waals surface area contributed by atoms with Crippen LogP contribution < -0.4 is 10.2 Å². The quantitative estimate of drug-likeness (QED) is 0.787. The Morgan fingerprint density at radius 2 is 1.69 bits per heavy atom. The summed E-state index contributed by atoms with van der Waals surface area (Å²) >= 11 is 0. The molecule has 0 bridgehead atoms. The number of anilines is 2. The molecule has 2 aromatic carbocycles. The summed E-state index contributed by atoms with van der Waals surface area (Å²) < 4.78 is 7.11. The Bertz CT molecular complexity index is 886. The van der Waals surface area contributed by atoms with E-state index in [1.807, 2.05) is 54.6 Å². The molecule has 1 amide bonds. The van der Waals surface area contributed by atoms with E-state index in [2.05, 4.69) is 15.3 Å². The fraction of sp³-hybridized carbons (Fsp3) is 0.200. The monoisotopic (exact) mass is 348 g/mol. The first-order valence-electron chi connectivity index (χ1n) is 8.65. The van der Waals surface area contributed by atoms with Crippen LogP contribution in [0.25, 0.3) is 5.69 Å². The van der Waals surface area contributed by atoms with Crippen LogP contribution in [0.15, 0.2) is 66.9 Å². The average Bonchev–Trinajstić information content (AvgIpc) is 3.20. The van der Waals surface area contributed by atoms with Crippen LogP contribution in [0.2, 0.25) is 0 Å². The second-order valence-electron chi connectivity index (χ2n) is 6.05. The Kier molecular flexibility index (Phi) is 4.66. The predicted octanol–water partition coefficient (Wildman–Crippen LogP) is 2.96. The van der Waals surface area contributed by atoms with Gasteiger partial charge in [-0.05, 0) is 30.3 Å². The molecule has 1 N–H and O–H groups in total. The van der Waals surface area contributed by atoms with Gasteiger partial charge in [-0.15, -0.1) is 0 Å². The molecule has 1 aromatic heterocycles. The van der Waals surface area contributed by atoms with Gasteiger partial charge in [-0.1, -0.05) is 30.3 Å². The van der Waals surface area contributed by atoms with E-state index in [1.54, 1.807) is 16.9 Å². The number of aromatic nitrogens is 2. The lowest BCUT2D eigenvalue weighted by molar-refractivity contribution is 0.102. The lowest BCUT2D eigenvalue weighted by atomic mass is 10.2. The Morgan fingerprint density at radius 1 is 0.962 bits per heavy atom. The average molecular weight is 348 g/mol. The largest absolute Gasteiger partial charge is 0.378 e. The zero-order valence-corrected chi connectivity index (χ0v) is 14.3. The molecule has 0 saturated carbocycles. The van der Waals surface area contributed by atoms with Gasteiger partial charge in [0.2, 0.25) is 0 Å². The van der Waals surface area contributed by atoms with Gasteiger partial charge in [-0.25, -0.2) is 4.68 Å². The topological polar surface area (TPSA) is 59.4 Å². The van der Waals surface area contributed by atoms with Gasteiger partial charge in [0.1, 0.15) is 0 Å². The number of benzene rings is 2. The van der Waals surface area contributed by atoms with Crippen molar-refractivity contribution in [1.29, 1.82) is 0 Å². The molecule has 4 rings (SSSR count). The fourth-order valence-corrected chi connectivity index (χ4v) is 3.02. The van der Waals surface area contributed by atoms with Crippen LogP contribution in [0.1, 0.15) is 10.5 Å². The molecule has 1 aliphatic rings. The maximum absolute atomic E-state index is 12.7. The molecule has 6 heteroatoms. The van der Waals surface area contributed by atoms with Gasteiger partial charge in [0.05, 0.1) is 30.3 Å². The second kappa shape index (κ2) is 7.41. The van der Waals surface area contributed by atoms with Crippen LogP contribution in [0, 0.1) is 0 Å². The third-order valence-electron chi connectivity index (χ3n) is 4.35. The summed E-state index contributed by atoms with van der Waals surface area (Å²) in [4.78, 5) is 14.9. The number of hydrogen-bond acceptors (Lipinski definition) is 4. The van der Waals surface area contributed by atoms with Gasteiger partial charge >= 0.3 is 0 Å². The maximum Gasteiger partial charge on any atom is 0.276 e. The molecule has 6 nitrogen and oxygen atoms in total. The third kappa shape index (κ3) is 3.45. The predicted molar refractivity (Wildman–Crippen MR) is 101 cm³/mol. The van der Waals surface area contributed by atoms with E-state index in [4.69, 9.17) is 4.74 Å². The Labute approximate surface area is 152 Å². The molecule has 2 heterocycles. The molecule has 1 aliphatic heterocycles. The zero-order valence-electron chi connectivity index (χ0n) is 14.3. The van der Waals surface area contributed by atoms with Crippen molar-refractivity contribution in [3.8, 4) is 5.69 Å². The standard InChI is InChI=1S/C20H20N4O2/c25-20(18-10-11-24(22-18)16-6-2-1-3-7-16)21-17-8-4-5-9-19(17)23-12-14-26-15-13-23/h1-11H,12-15H2,(H,21,25). The van der Waals surface area contributed by atoms with Crippen LogP contribution in [-0.4, -0.2) is 42.0 Å². The summed E-state index contributed by atoms with van der Waals surface area (Å²) in [5.41, 5.74) is 3.09. The minimum Gasteiger partial charge on any atom is -0.378 e. The van der Waals surface area contributed by atoms with Crippen molar-refractivity contribution in [1.82, 2.24) is 9.78 Å². The van der Waals surface area contributed by atoms with Crippen molar-refractivity contribution < 1.29 is 9.53 Å². The van der Waals surface area contributed by atoms with Crippen LogP contribution in [0.4, 0.5) is 11.4 Å². The highest BCUT2D eigenvalue weighted by molar-refractivity contribution is 6.04. The first-order chi connectivity index (χ1) is 12.8. The number of carbonyl (C=O) groups excluding carboxylic acids is 1. The van der Waals surface area contributed by atoms with Gasteiger partial charge in [-0.3, -0.25) is 4.79 Å². The second-order valence-corrected chi connectivity index (χ2v) is 6.05. The highest BCUT2D eigenvalue weighted by atomic mass is 16.5. The number of amides is 1. The van der Waals surface area contributed by atoms with Crippen molar-refractivity contribution in [2.45, 2.75) is 0 Å². The van der Waals surface area contributed by atoms with Gasteiger partial charge in [0.15, 0.2) is 5.69 Å². The lowest BCUT2D eigenvalue weighted by Crippen LogP contribution is -2.36. The first kappa shape index (κ1) is 16.4. The molecular weight excluding hydrogens is 328 g/mol. The van der Waals surface area contributed by atoms with E-state index in [1.165, 1.54) is 0 Å². The van der Waals surface area contributed by atoms with Gasteiger partial charge in [-0.2, -0.15) is 5.10 Å². The molecular formula is C20H20N4O2. The molecule has 1 saturated heterocycles. The number of morpholine rings is 1. The summed E-state index contributed by atoms with van der Waals surface area (Å²) in [5.74, 6) is -0.222. The summed E-state index contributed by atoms with van der Waals surface area (Å²) in [6, 6.07) is 19.3. The molecule has 1 fully saturated rings. The minimum absolute atomic E-state index is 0.222. The Balaban J connectivity index is 1.53. The highest BCUT2D eigenvalue weighted by Gasteiger charge is 2.17. The Hall–Kier alpha value is -3.12. The van der Waals surface area contributed by atoms with Crippen LogP contribution in [-0.2, 0) is 4.74 Å². The number of carbonyl (C=O) groups is 1. The molecule has 0 atom stereocenters. The van der Waals surface area contributed by atoms with Crippen molar-refractivity contribution >= 4 is 17.3 Å². The fourth-order valence-electron chi connectivity index (χ4n) is 3.02. The van der Waals surface area contributed by atoms with Crippen molar-refractivity contribution in [3.05, 3.63) is 72.6 Å². The number of hydrogen-bond donors (Lipinski definition) is 1. The summed E-state index contributed by atoms with van der Waals surface area (Å²) in [6.45, 7) is 3.03. The molecule has 0 unspecified atom stereocenters. The van der Waals surface area contributed by atoms with E-state index in [9.17, 15) is 4.79 Å². The molecule has 0 radical (unpaired) electrons. The van der Waals surface area contributed by atoms with Gasteiger partial charge in [0.25, 0.3) is 5.91 Å². The summed E-state index contributed by atoms with van der Waals surface area (Å²) in [5, 5.41) is 7.38. The van der Waals surface area contributed by atoms with E-state index in [0.717, 1.165) is 30.2 Å². The van der Waals surface area contributed by atoms with E-state index < -0.39 is 0 Å². The number of ether oxygens (including phenoxy) is 1. The lowest BCUT2D eigenvalue weighted by Gasteiger charge is -2.30. The van der Waals surface area contributed by atoms with Gasteiger partial charge < -0.3 is 15.0 Å². The number of nitrogens with zero attached hydrogens (tertiary/aromatic N) is 3. The van der Waals surface area contributed by atoms with Gasteiger partial charge in [0, 0.05) is 19.3 Å². The maximum atomic E-state index is 12.7. The molecule has 26 heavy (non-hydrogen) atoms. The number of para-hydroxylation sites is 3. The van der Waals surface area contributed by atoms with Crippen LogP contribution in [0.3, 0.4) is 0 Å². The minimum atomic E-state index is -0.222. The van der Waals surface area contributed by atoms with E-state index in [0.29, 0.717) is 18.9 Å². The van der Waals surface area contributed by atoms with E-state index >= 15 is 0 Å². The normalized spacial score (nSPS) is 14.2. The summed E-state index contributed by atoms with van der Waals surface area (Å²) in [6.07, 6.45) is 1.79. The zero-order chi connectivity index (χ0) is 17.8. The molecule has 0 aliphatic carbocycles. The SMILES string of the molecule is O=C(Nc1ccccc1N1CCOCC1)c1ccn(-c2ccccc2)n1. The van der Waals surface area contributed by atoms with Crippen molar-refractivity contribution in [3.63, 3.8) is 0 Å². The van der Waals surface area contributed by atoms with E-state index in [-0.39, 0.29) is 5.91 Å². The van der Waals surface area contributed by atoms with Crippen LogP contribution >= 0.6 is 0 Å². The number of nitrogens with one attached hydrogen (secondary N) is 1. The summed E-state index contributed by atoms with van der Waals surface area (Å²) in [7, 11) is 0. The van der Waals surface area contributed by atoms with Crippen molar-refractivity contribution in [2.75, 3.05) is 36.5 Å².